The van der Waals surface area contributed by atoms with E-state index in [0.717, 1.165) is 18.2 Å². The van der Waals surface area contributed by atoms with E-state index in [1.165, 1.54) is 48.9 Å². The van der Waals surface area contributed by atoms with Gasteiger partial charge in [0.15, 0.2) is 11.6 Å². The van der Waals surface area contributed by atoms with E-state index in [4.69, 9.17) is 0 Å². The molecule has 6 nitrogen and oxygen atoms in total. The first-order valence-corrected chi connectivity index (χ1v) is 9.68. The molecule has 0 aliphatic heterocycles. The highest BCUT2D eigenvalue weighted by Crippen LogP contribution is 2.29. The number of pyridine rings is 3. The summed E-state index contributed by atoms with van der Waals surface area (Å²) in [6.07, 6.45) is 0.178. The summed E-state index contributed by atoms with van der Waals surface area (Å²) in [6, 6.07) is 9.98. The number of nitrogens with zero attached hydrogens (tertiary/aromatic N) is 3. The predicted octanol–water partition coefficient (Wildman–Crippen LogP) is 5.83. The Labute approximate surface area is 189 Å². The second-order valence-corrected chi connectivity index (χ2v) is 7.00. The van der Waals surface area contributed by atoms with Gasteiger partial charge in [-0.2, -0.15) is 13.2 Å². The maximum absolute atomic E-state index is 14.1. The maximum Gasteiger partial charge on any atom is 0.417 e. The van der Waals surface area contributed by atoms with Crippen LogP contribution in [0.1, 0.15) is 15.9 Å². The van der Waals surface area contributed by atoms with Gasteiger partial charge in [-0.1, -0.05) is 12.1 Å². The molecule has 0 spiro atoms. The molecule has 0 saturated heterocycles. The van der Waals surface area contributed by atoms with E-state index in [1.54, 1.807) is 0 Å². The van der Waals surface area contributed by atoms with Gasteiger partial charge in [0.25, 0.3) is 5.91 Å². The van der Waals surface area contributed by atoms with Crippen molar-refractivity contribution in [3.63, 3.8) is 0 Å². The lowest BCUT2D eigenvalue weighted by Crippen LogP contribution is -2.13. The zero-order chi connectivity index (χ0) is 24.3. The third-order valence-electron chi connectivity index (χ3n) is 4.63. The lowest BCUT2D eigenvalue weighted by Gasteiger charge is -2.10. The van der Waals surface area contributed by atoms with Crippen LogP contribution in [0.5, 0.6) is 0 Å². The molecule has 34 heavy (non-hydrogen) atoms. The van der Waals surface area contributed by atoms with Crippen molar-refractivity contribution < 1.29 is 26.7 Å². The lowest BCUT2D eigenvalue weighted by atomic mass is 10.1. The van der Waals surface area contributed by atoms with Crippen molar-refractivity contribution >= 4 is 23.2 Å². The summed E-state index contributed by atoms with van der Waals surface area (Å²) in [5, 5.41) is 5.33. The van der Waals surface area contributed by atoms with E-state index >= 15 is 0 Å². The van der Waals surface area contributed by atoms with Crippen LogP contribution in [0.25, 0.3) is 11.1 Å². The van der Waals surface area contributed by atoms with E-state index in [2.05, 4.69) is 25.6 Å². The van der Waals surface area contributed by atoms with Crippen molar-refractivity contribution in [3.8, 4) is 11.1 Å². The number of hydrogen-bond acceptors (Lipinski definition) is 5. The molecule has 1 aromatic carbocycles. The van der Waals surface area contributed by atoms with Crippen LogP contribution < -0.4 is 10.6 Å². The first kappa shape index (κ1) is 22.8. The zero-order valence-corrected chi connectivity index (χ0v) is 17.1. The van der Waals surface area contributed by atoms with Crippen LogP contribution in [0.15, 0.2) is 73.3 Å². The van der Waals surface area contributed by atoms with Crippen LogP contribution in [0.3, 0.4) is 0 Å². The van der Waals surface area contributed by atoms with Gasteiger partial charge in [-0.05, 0) is 36.4 Å². The number of halogens is 5. The van der Waals surface area contributed by atoms with Gasteiger partial charge in [-0.25, -0.2) is 18.7 Å². The summed E-state index contributed by atoms with van der Waals surface area (Å²) >= 11 is 0. The SMILES string of the molecule is O=C(Nc1cncc(-c2cccc(F)c2F)c1)c1ccnc(Nc2ccc(C(F)(F)F)cn2)c1. The van der Waals surface area contributed by atoms with Gasteiger partial charge < -0.3 is 10.6 Å². The molecular weight excluding hydrogens is 457 g/mol. The Morgan fingerprint density at radius 2 is 1.71 bits per heavy atom. The van der Waals surface area contributed by atoms with Crippen molar-refractivity contribution in [2.24, 2.45) is 0 Å². The molecule has 0 atom stereocenters. The van der Waals surface area contributed by atoms with Gasteiger partial charge in [0.1, 0.15) is 11.6 Å². The van der Waals surface area contributed by atoms with Gasteiger partial charge >= 0.3 is 6.18 Å². The molecule has 3 aromatic heterocycles. The monoisotopic (exact) mass is 471 g/mol. The first-order valence-electron chi connectivity index (χ1n) is 9.68. The topological polar surface area (TPSA) is 79.8 Å². The number of rotatable bonds is 5. The summed E-state index contributed by atoms with van der Waals surface area (Å²) in [5.74, 6) is -2.31. The highest BCUT2D eigenvalue weighted by atomic mass is 19.4. The van der Waals surface area contributed by atoms with Crippen LogP contribution in [0, 0.1) is 11.6 Å². The minimum Gasteiger partial charge on any atom is -0.325 e. The molecule has 4 aromatic rings. The van der Waals surface area contributed by atoms with Crippen molar-refractivity contribution in [2.75, 3.05) is 10.6 Å². The van der Waals surface area contributed by atoms with E-state index in [1.807, 2.05) is 0 Å². The fourth-order valence-electron chi connectivity index (χ4n) is 2.99. The number of carbonyl (C=O) groups excluding carboxylic acids is 1. The van der Waals surface area contributed by atoms with E-state index in [-0.39, 0.29) is 34.0 Å². The second kappa shape index (κ2) is 9.22. The number of aromatic nitrogens is 3. The van der Waals surface area contributed by atoms with Crippen LogP contribution >= 0.6 is 0 Å². The smallest absolute Gasteiger partial charge is 0.325 e. The molecule has 3 heterocycles. The number of nitrogens with one attached hydrogen (secondary N) is 2. The molecule has 0 radical (unpaired) electrons. The summed E-state index contributed by atoms with van der Waals surface area (Å²) in [4.78, 5) is 24.4. The minimum absolute atomic E-state index is 0.0111. The quantitative estimate of drug-likeness (QED) is 0.358. The highest BCUT2D eigenvalue weighted by molar-refractivity contribution is 6.04. The molecule has 0 bridgehead atoms. The van der Waals surface area contributed by atoms with Crippen LogP contribution in [-0.2, 0) is 6.18 Å². The molecule has 172 valence electrons. The van der Waals surface area contributed by atoms with Crippen molar-refractivity contribution in [1.29, 1.82) is 0 Å². The molecule has 0 saturated carbocycles. The largest absolute Gasteiger partial charge is 0.417 e. The van der Waals surface area contributed by atoms with Crippen LogP contribution in [0.4, 0.5) is 39.3 Å². The zero-order valence-electron chi connectivity index (χ0n) is 17.1. The molecule has 4 rings (SSSR count). The highest BCUT2D eigenvalue weighted by Gasteiger charge is 2.30. The predicted molar refractivity (Wildman–Crippen MR) is 114 cm³/mol. The Morgan fingerprint density at radius 1 is 0.882 bits per heavy atom. The number of hydrogen-bond donors (Lipinski definition) is 2. The maximum atomic E-state index is 14.1. The number of anilines is 3. The fourth-order valence-corrected chi connectivity index (χ4v) is 2.99. The van der Waals surface area contributed by atoms with Crippen molar-refractivity contribution in [1.82, 2.24) is 15.0 Å². The Hall–Kier alpha value is -4.41. The number of carbonyl (C=O) groups is 1. The van der Waals surface area contributed by atoms with Crippen LogP contribution in [-0.4, -0.2) is 20.9 Å². The third kappa shape index (κ3) is 5.14. The summed E-state index contributed by atoms with van der Waals surface area (Å²) < 4.78 is 65.6. The average Bonchev–Trinajstić information content (AvgIpc) is 2.81. The van der Waals surface area contributed by atoms with Gasteiger partial charge in [-0.3, -0.25) is 9.78 Å². The number of amides is 1. The molecule has 0 fully saturated rings. The Balaban J connectivity index is 1.49. The van der Waals surface area contributed by atoms with E-state index in [9.17, 15) is 26.7 Å². The average molecular weight is 471 g/mol. The van der Waals surface area contributed by atoms with Gasteiger partial charge in [0, 0.05) is 35.3 Å². The molecule has 0 aliphatic carbocycles. The summed E-state index contributed by atoms with van der Waals surface area (Å²) in [6.45, 7) is 0. The standard InChI is InChI=1S/C23H14F5N5O/c24-18-3-1-2-17(21(18)25)14-8-16(12-29-10-14)32-22(34)13-6-7-30-20(9-13)33-19-5-4-15(11-31-19)23(26,27)28/h1-12H,(H,32,34)(H,30,31,33). The lowest BCUT2D eigenvalue weighted by molar-refractivity contribution is -0.137. The molecule has 2 N–H and O–H groups in total. The Morgan fingerprint density at radius 3 is 2.44 bits per heavy atom. The Kier molecular flexibility index (Phi) is 6.17. The number of benzene rings is 1. The second-order valence-electron chi connectivity index (χ2n) is 7.00. The molecule has 0 unspecified atom stereocenters. The molecule has 11 heteroatoms. The minimum atomic E-state index is -4.51. The first-order chi connectivity index (χ1) is 16.2. The van der Waals surface area contributed by atoms with Gasteiger partial charge in [0.2, 0.25) is 0 Å². The molecule has 1 amide bonds. The van der Waals surface area contributed by atoms with Gasteiger partial charge in [0.05, 0.1) is 17.4 Å². The summed E-state index contributed by atoms with van der Waals surface area (Å²) in [5.41, 5.74) is -0.231. The fraction of sp³-hybridized carbons (Fsp3) is 0.0435. The molecule has 0 aliphatic rings. The van der Waals surface area contributed by atoms with E-state index in [0.29, 0.717) is 6.20 Å². The Bertz CT molecular complexity index is 1340. The van der Waals surface area contributed by atoms with Crippen LogP contribution in [0.2, 0.25) is 0 Å². The number of alkyl halides is 3. The normalized spacial score (nSPS) is 11.2. The third-order valence-corrected chi connectivity index (χ3v) is 4.63. The molecular formula is C23H14F5N5O. The van der Waals surface area contributed by atoms with Gasteiger partial charge in [-0.15, -0.1) is 0 Å². The van der Waals surface area contributed by atoms with Crippen molar-refractivity contribution in [3.05, 3.63) is 96.1 Å². The van der Waals surface area contributed by atoms with E-state index < -0.39 is 29.3 Å². The van der Waals surface area contributed by atoms with Crippen molar-refractivity contribution in [2.45, 2.75) is 6.18 Å². The summed E-state index contributed by atoms with van der Waals surface area (Å²) in [7, 11) is 0.